The molecule has 0 aromatic heterocycles. The predicted octanol–water partition coefficient (Wildman–Crippen LogP) is 1.05. The Hall–Kier alpha value is -2.51. The van der Waals surface area contributed by atoms with Crippen LogP contribution in [0.3, 0.4) is 0 Å². The Labute approximate surface area is 157 Å². The molecular formula is C14H17F3N2O8S. The number of nitrogens with zero attached hydrogens (tertiary/aromatic N) is 1. The van der Waals surface area contributed by atoms with Gasteiger partial charge in [-0.05, 0) is 12.8 Å². The van der Waals surface area contributed by atoms with E-state index in [0.29, 0.717) is 17.7 Å². The summed E-state index contributed by atoms with van der Waals surface area (Å²) in [5, 5.41) is 11.4. The number of alkyl carbamates (subject to hydrolysis) is 1. The summed E-state index contributed by atoms with van der Waals surface area (Å²) >= 11 is 0. The van der Waals surface area contributed by atoms with Crippen molar-refractivity contribution in [3.8, 4) is 0 Å². The molecule has 10 nitrogen and oxygen atoms in total. The first-order chi connectivity index (χ1) is 12.9. The molecule has 0 saturated carbocycles. The summed E-state index contributed by atoms with van der Waals surface area (Å²) in [6, 6.07) is -2.29. The van der Waals surface area contributed by atoms with Gasteiger partial charge in [-0.25, -0.2) is 9.59 Å². The molecule has 0 bridgehead atoms. The summed E-state index contributed by atoms with van der Waals surface area (Å²) < 4.78 is 69.7. The maximum Gasteiger partial charge on any atom is 0.534 e. The van der Waals surface area contributed by atoms with E-state index < -0.39 is 57.1 Å². The van der Waals surface area contributed by atoms with Gasteiger partial charge in [0.15, 0.2) is 11.5 Å². The minimum Gasteiger partial charge on any atom is -0.476 e. The zero-order valence-electron chi connectivity index (χ0n) is 14.5. The Morgan fingerprint density at radius 2 is 2.00 bits per heavy atom. The zero-order valence-corrected chi connectivity index (χ0v) is 15.3. The van der Waals surface area contributed by atoms with Gasteiger partial charge in [-0.3, -0.25) is 9.69 Å². The second-order valence-corrected chi connectivity index (χ2v) is 7.58. The van der Waals surface area contributed by atoms with Crippen LogP contribution in [-0.2, 0) is 28.6 Å². The van der Waals surface area contributed by atoms with Crippen molar-refractivity contribution in [1.29, 1.82) is 0 Å². The Balaban J connectivity index is 2.39. The molecule has 2 unspecified atom stereocenters. The molecule has 1 saturated heterocycles. The van der Waals surface area contributed by atoms with Crippen LogP contribution in [0.2, 0.25) is 0 Å². The smallest absolute Gasteiger partial charge is 0.476 e. The molecule has 2 atom stereocenters. The molecule has 2 aliphatic rings. The Kier molecular flexibility index (Phi) is 6.11. The average Bonchev–Trinajstić information content (AvgIpc) is 2.55. The highest BCUT2D eigenvalue weighted by Crippen LogP contribution is 2.39. The number of alkyl halides is 3. The van der Waals surface area contributed by atoms with Crippen LogP contribution in [0, 0.1) is 0 Å². The van der Waals surface area contributed by atoms with Crippen molar-refractivity contribution >= 4 is 28.1 Å². The Morgan fingerprint density at radius 3 is 2.50 bits per heavy atom. The predicted molar refractivity (Wildman–Crippen MR) is 83.8 cm³/mol. The van der Waals surface area contributed by atoms with Gasteiger partial charge in [0, 0.05) is 12.5 Å². The molecule has 2 N–H and O–H groups in total. The molecule has 0 aromatic carbocycles. The van der Waals surface area contributed by atoms with Gasteiger partial charge in [0.1, 0.15) is 0 Å². The maximum atomic E-state index is 12.7. The van der Waals surface area contributed by atoms with Crippen LogP contribution in [0.1, 0.15) is 32.6 Å². The van der Waals surface area contributed by atoms with Gasteiger partial charge in [0.05, 0.1) is 12.6 Å². The van der Waals surface area contributed by atoms with Gasteiger partial charge in [-0.2, -0.15) is 21.6 Å². The lowest BCUT2D eigenvalue weighted by molar-refractivity contribution is -0.151. The SMILES string of the molecule is CCCCOC(=O)NC1CC2CC(=O)N2C(C(=O)O)=C1OS(=O)(=O)C(F)(F)F. The number of halogens is 3. The lowest BCUT2D eigenvalue weighted by atomic mass is 9.88. The lowest BCUT2D eigenvalue weighted by Gasteiger charge is -2.46. The van der Waals surface area contributed by atoms with Gasteiger partial charge in [-0.15, -0.1) is 0 Å². The number of amides is 2. The first-order valence-corrected chi connectivity index (χ1v) is 9.53. The number of carbonyl (C=O) groups is 3. The van der Waals surface area contributed by atoms with Crippen molar-refractivity contribution in [3.63, 3.8) is 0 Å². The molecule has 2 aliphatic heterocycles. The number of carbonyl (C=O) groups excluding carboxylic acids is 2. The van der Waals surface area contributed by atoms with E-state index >= 15 is 0 Å². The third-order valence-corrected chi connectivity index (χ3v) is 5.02. The second kappa shape index (κ2) is 7.85. The first kappa shape index (κ1) is 21.8. The van der Waals surface area contributed by atoms with Crippen LogP contribution in [0.15, 0.2) is 11.5 Å². The van der Waals surface area contributed by atoms with Crippen molar-refractivity contribution in [2.75, 3.05) is 6.61 Å². The van der Waals surface area contributed by atoms with Gasteiger partial charge in [0.25, 0.3) is 0 Å². The highest BCUT2D eigenvalue weighted by molar-refractivity contribution is 7.87. The van der Waals surface area contributed by atoms with Gasteiger partial charge < -0.3 is 19.3 Å². The van der Waals surface area contributed by atoms with Crippen LogP contribution < -0.4 is 5.32 Å². The van der Waals surface area contributed by atoms with E-state index in [4.69, 9.17) is 4.74 Å². The van der Waals surface area contributed by atoms with Gasteiger partial charge in [-0.1, -0.05) is 13.3 Å². The lowest BCUT2D eigenvalue weighted by Crippen LogP contribution is -2.60. The molecule has 158 valence electrons. The Morgan fingerprint density at radius 1 is 1.36 bits per heavy atom. The number of aliphatic carboxylic acids is 1. The summed E-state index contributed by atoms with van der Waals surface area (Å²) in [4.78, 5) is 35.7. The first-order valence-electron chi connectivity index (χ1n) is 8.12. The molecular weight excluding hydrogens is 413 g/mol. The standard InChI is InChI=1S/C14H17F3N2O8S/c1-2-3-4-26-13(23)18-8-5-7-6-9(20)19(7)10(12(21)22)11(8)27-28(24,25)14(15,16)17/h7-8H,2-6H2,1H3,(H,18,23)(H,21,22). The second-order valence-electron chi connectivity index (χ2n) is 6.04. The molecule has 0 aromatic rings. The van der Waals surface area contributed by atoms with Crippen LogP contribution in [-0.4, -0.2) is 60.6 Å². The molecule has 28 heavy (non-hydrogen) atoms. The van der Waals surface area contributed by atoms with E-state index in [1.807, 2.05) is 6.92 Å². The summed E-state index contributed by atoms with van der Waals surface area (Å²) in [6.07, 6.45) is -0.247. The van der Waals surface area contributed by atoms with Crippen LogP contribution >= 0.6 is 0 Å². The summed E-state index contributed by atoms with van der Waals surface area (Å²) in [5.41, 5.74) is -6.91. The molecule has 14 heteroatoms. The van der Waals surface area contributed by atoms with E-state index in [1.54, 1.807) is 0 Å². The monoisotopic (exact) mass is 430 g/mol. The normalized spacial score (nSPS) is 22.3. The summed E-state index contributed by atoms with van der Waals surface area (Å²) in [6.45, 7) is 1.82. The molecule has 1 fully saturated rings. The molecule has 2 rings (SSSR count). The van der Waals surface area contributed by atoms with Crippen molar-refractivity contribution in [2.24, 2.45) is 0 Å². The number of β-lactam (4-membered cyclic amide) rings is 1. The fraction of sp³-hybridized carbons (Fsp3) is 0.643. The van der Waals surface area contributed by atoms with Crippen molar-refractivity contribution in [1.82, 2.24) is 10.2 Å². The number of hydrogen-bond acceptors (Lipinski definition) is 7. The number of fused-ring (bicyclic) bond motifs is 1. The van der Waals surface area contributed by atoms with Gasteiger partial charge in [0.2, 0.25) is 5.91 Å². The van der Waals surface area contributed by atoms with E-state index in [2.05, 4.69) is 9.50 Å². The number of ether oxygens (including phenoxy) is 1. The van der Waals surface area contributed by atoms with Crippen molar-refractivity contribution in [3.05, 3.63) is 11.5 Å². The van der Waals surface area contributed by atoms with E-state index in [9.17, 15) is 41.1 Å². The molecule has 2 heterocycles. The fourth-order valence-electron chi connectivity index (χ4n) is 2.73. The number of carboxylic acid groups (broad SMARTS) is 1. The number of hydrogen-bond donors (Lipinski definition) is 2. The number of rotatable bonds is 7. The zero-order chi connectivity index (χ0) is 21.3. The Bertz CT molecular complexity index is 808. The minimum absolute atomic E-state index is 0.00433. The van der Waals surface area contributed by atoms with E-state index in [-0.39, 0.29) is 19.4 Å². The molecule has 0 radical (unpaired) electrons. The number of nitrogens with one attached hydrogen (secondary N) is 1. The summed E-state index contributed by atoms with van der Waals surface area (Å²) in [7, 11) is -6.24. The fourth-order valence-corrected chi connectivity index (χ4v) is 3.26. The highest BCUT2D eigenvalue weighted by atomic mass is 32.2. The largest absolute Gasteiger partial charge is 0.534 e. The van der Waals surface area contributed by atoms with E-state index in [0.717, 1.165) is 0 Å². The quantitative estimate of drug-likeness (QED) is 0.264. The van der Waals surface area contributed by atoms with Crippen molar-refractivity contribution < 1.29 is 50.0 Å². The van der Waals surface area contributed by atoms with Crippen LogP contribution in [0.5, 0.6) is 0 Å². The molecule has 2 amide bonds. The topological polar surface area (TPSA) is 139 Å². The van der Waals surface area contributed by atoms with Gasteiger partial charge >= 0.3 is 27.7 Å². The number of unbranched alkanes of at least 4 members (excludes halogenated alkanes) is 1. The maximum absolute atomic E-state index is 12.7. The highest BCUT2D eigenvalue weighted by Gasteiger charge is 2.54. The van der Waals surface area contributed by atoms with E-state index in [1.165, 1.54) is 0 Å². The third kappa shape index (κ3) is 4.31. The minimum atomic E-state index is -6.24. The average molecular weight is 430 g/mol. The van der Waals surface area contributed by atoms with Crippen LogP contribution in [0.25, 0.3) is 0 Å². The molecule has 0 aliphatic carbocycles. The van der Waals surface area contributed by atoms with Crippen LogP contribution in [0.4, 0.5) is 18.0 Å². The van der Waals surface area contributed by atoms with Crippen molar-refractivity contribution in [2.45, 2.75) is 50.2 Å². The summed E-state index contributed by atoms with van der Waals surface area (Å²) in [5.74, 6) is -3.81. The number of carboxylic acids is 1. The molecule has 0 spiro atoms. The third-order valence-electron chi connectivity index (χ3n) is 4.05.